The van der Waals surface area contributed by atoms with Crippen LogP contribution in [0.2, 0.25) is 0 Å². The Morgan fingerprint density at radius 3 is 2.13 bits per heavy atom. The Labute approximate surface area is 176 Å². The zero-order valence-electron chi connectivity index (χ0n) is 17.3. The maximum Gasteiger partial charge on any atom is 0.344 e. The lowest BCUT2D eigenvalue weighted by atomic mass is 10.2. The Kier molecular flexibility index (Phi) is 7.68. The lowest BCUT2D eigenvalue weighted by Crippen LogP contribution is -2.49. The lowest BCUT2D eigenvalue weighted by Gasteiger charge is -2.35. The third kappa shape index (κ3) is 6.77. The number of nitrogens with zero attached hydrogens (tertiary/aromatic N) is 1. The van der Waals surface area contributed by atoms with Gasteiger partial charge in [-0.05, 0) is 43.7 Å². The average molecular weight is 413 g/mol. The van der Waals surface area contributed by atoms with Gasteiger partial charge in [-0.15, -0.1) is 0 Å². The minimum absolute atomic E-state index is 0.0311. The van der Waals surface area contributed by atoms with E-state index in [1.54, 1.807) is 29.2 Å². The van der Waals surface area contributed by atoms with Crippen molar-refractivity contribution in [2.45, 2.75) is 32.7 Å². The van der Waals surface area contributed by atoms with Gasteiger partial charge in [-0.1, -0.05) is 30.3 Å². The van der Waals surface area contributed by atoms with Gasteiger partial charge in [-0.3, -0.25) is 4.79 Å². The highest BCUT2D eigenvalue weighted by atomic mass is 16.6. The van der Waals surface area contributed by atoms with Gasteiger partial charge in [0.2, 0.25) is 0 Å². The van der Waals surface area contributed by atoms with E-state index >= 15 is 0 Å². The van der Waals surface area contributed by atoms with Crippen molar-refractivity contribution in [3.63, 3.8) is 0 Å². The molecule has 30 heavy (non-hydrogen) atoms. The van der Waals surface area contributed by atoms with E-state index in [0.29, 0.717) is 31.2 Å². The molecule has 2 atom stereocenters. The number of morpholine rings is 1. The Hall–Kier alpha value is -3.06. The number of hydrogen-bond acceptors (Lipinski definition) is 6. The number of carbonyl (C=O) groups is 2. The summed E-state index contributed by atoms with van der Waals surface area (Å²) in [4.78, 5) is 25.8. The summed E-state index contributed by atoms with van der Waals surface area (Å²) in [7, 11) is 0. The molecule has 7 nitrogen and oxygen atoms in total. The first-order valence-corrected chi connectivity index (χ1v) is 9.98. The van der Waals surface area contributed by atoms with E-state index in [4.69, 9.17) is 18.9 Å². The summed E-state index contributed by atoms with van der Waals surface area (Å²) >= 11 is 0. The van der Waals surface area contributed by atoms with Crippen molar-refractivity contribution in [2.24, 2.45) is 0 Å². The molecule has 1 aliphatic heterocycles. The zero-order chi connectivity index (χ0) is 21.3. The Morgan fingerprint density at radius 1 is 0.900 bits per heavy atom. The molecule has 1 fully saturated rings. The van der Waals surface area contributed by atoms with E-state index < -0.39 is 5.97 Å². The first-order valence-electron chi connectivity index (χ1n) is 9.98. The van der Waals surface area contributed by atoms with Gasteiger partial charge >= 0.3 is 5.97 Å². The van der Waals surface area contributed by atoms with Crippen LogP contribution in [0.1, 0.15) is 19.4 Å². The van der Waals surface area contributed by atoms with Gasteiger partial charge in [0, 0.05) is 13.1 Å². The zero-order valence-corrected chi connectivity index (χ0v) is 17.3. The predicted octanol–water partition coefficient (Wildman–Crippen LogP) is 2.82. The van der Waals surface area contributed by atoms with Crippen molar-refractivity contribution >= 4 is 11.9 Å². The molecule has 2 aromatic rings. The van der Waals surface area contributed by atoms with Gasteiger partial charge in [0.25, 0.3) is 5.91 Å². The van der Waals surface area contributed by atoms with Crippen LogP contribution in [0, 0.1) is 0 Å². The number of amides is 1. The van der Waals surface area contributed by atoms with E-state index in [1.807, 2.05) is 44.2 Å². The Balaban J connectivity index is 1.36. The molecule has 0 spiro atoms. The highest BCUT2D eigenvalue weighted by molar-refractivity contribution is 5.81. The molecule has 0 unspecified atom stereocenters. The molecule has 1 aliphatic rings. The third-order valence-corrected chi connectivity index (χ3v) is 4.56. The first-order chi connectivity index (χ1) is 14.5. The lowest BCUT2D eigenvalue weighted by molar-refractivity contribution is -0.158. The van der Waals surface area contributed by atoms with Crippen LogP contribution in [0.15, 0.2) is 54.6 Å². The number of hydrogen-bond donors (Lipinski definition) is 0. The summed E-state index contributed by atoms with van der Waals surface area (Å²) in [6.45, 7) is 4.72. The molecule has 0 N–H and O–H groups in total. The first kappa shape index (κ1) is 21.6. The van der Waals surface area contributed by atoms with Crippen molar-refractivity contribution in [3.05, 3.63) is 60.2 Å². The molecule has 0 saturated carbocycles. The van der Waals surface area contributed by atoms with E-state index in [1.165, 1.54) is 0 Å². The van der Waals surface area contributed by atoms with Crippen LogP contribution < -0.4 is 9.47 Å². The Morgan fingerprint density at radius 2 is 1.50 bits per heavy atom. The van der Waals surface area contributed by atoms with E-state index in [-0.39, 0.29) is 31.3 Å². The average Bonchev–Trinajstić information content (AvgIpc) is 2.75. The molecule has 7 heteroatoms. The van der Waals surface area contributed by atoms with Crippen LogP contribution in [-0.4, -0.2) is 55.3 Å². The fraction of sp³-hybridized carbons (Fsp3) is 0.391. The van der Waals surface area contributed by atoms with E-state index in [0.717, 1.165) is 5.56 Å². The SMILES string of the molecule is C[C@@H]1CN(C(=O)COC(=O)COc2ccc(OCc3ccccc3)cc2)C[C@@H](C)O1. The summed E-state index contributed by atoms with van der Waals surface area (Å²) in [6, 6.07) is 16.9. The molecule has 1 heterocycles. The second-order valence-electron chi connectivity index (χ2n) is 7.25. The summed E-state index contributed by atoms with van der Waals surface area (Å²) in [5.41, 5.74) is 1.08. The summed E-state index contributed by atoms with van der Waals surface area (Å²) in [5, 5.41) is 0. The number of ether oxygens (including phenoxy) is 4. The van der Waals surface area contributed by atoms with E-state index in [2.05, 4.69) is 0 Å². The molecule has 0 bridgehead atoms. The summed E-state index contributed by atoms with van der Waals surface area (Å²) < 4.78 is 21.8. The summed E-state index contributed by atoms with van der Waals surface area (Å²) in [5.74, 6) is 0.391. The van der Waals surface area contributed by atoms with Crippen LogP contribution in [0.25, 0.3) is 0 Å². The fourth-order valence-electron chi connectivity index (χ4n) is 3.17. The second kappa shape index (κ2) is 10.6. The van der Waals surface area contributed by atoms with Gasteiger partial charge in [-0.25, -0.2) is 4.79 Å². The van der Waals surface area contributed by atoms with Gasteiger partial charge in [0.05, 0.1) is 12.2 Å². The highest BCUT2D eigenvalue weighted by Gasteiger charge is 2.26. The molecule has 0 aromatic heterocycles. The van der Waals surface area contributed by atoms with Gasteiger partial charge in [0.1, 0.15) is 18.1 Å². The van der Waals surface area contributed by atoms with Crippen molar-refractivity contribution < 1.29 is 28.5 Å². The smallest absolute Gasteiger partial charge is 0.344 e. The maximum absolute atomic E-state index is 12.2. The standard InChI is InChI=1S/C23H27NO6/c1-17-12-24(13-18(2)30-17)22(25)15-29-23(26)16-28-21-10-8-20(9-11-21)27-14-19-6-4-3-5-7-19/h3-11,17-18H,12-16H2,1-2H3/t17-,18-/m1/s1. The van der Waals surface area contributed by atoms with Crippen LogP contribution in [0.5, 0.6) is 11.5 Å². The maximum atomic E-state index is 12.2. The molecule has 0 aliphatic carbocycles. The number of esters is 1. The van der Waals surface area contributed by atoms with E-state index in [9.17, 15) is 9.59 Å². The summed E-state index contributed by atoms with van der Waals surface area (Å²) in [6.07, 6.45) is -0.0623. The molecule has 3 rings (SSSR count). The van der Waals surface area contributed by atoms with Crippen molar-refractivity contribution in [1.29, 1.82) is 0 Å². The normalized spacial score (nSPS) is 18.5. The minimum Gasteiger partial charge on any atom is -0.489 e. The Bertz CT molecular complexity index is 813. The highest BCUT2D eigenvalue weighted by Crippen LogP contribution is 2.19. The molecular weight excluding hydrogens is 386 g/mol. The topological polar surface area (TPSA) is 74.3 Å². The largest absolute Gasteiger partial charge is 0.489 e. The third-order valence-electron chi connectivity index (χ3n) is 4.56. The second-order valence-corrected chi connectivity index (χ2v) is 7.25. The van der Waals surface area contributed by atoms with Gasteiger partial charge < -0.3 is 23.8 Å². The number of rotatable bonds is 8. The molecule has 160 valence electrons. The number of carbonyl (C=O) groups excluding carboxylic acids is 2. The van der Waals surface area contributed by atoms with Gasteiger partial charge in [-0.2, -0.15) is 0 Å². The van der Waals surface area contributed by atoms with Crippen molar-refractivity contribution in [1.82, 2.24) is 4.90 Å². The predicted molar refractivity (Wildman–Crippen MR) is 110 cm³/mol. The molecule has 0 radical (unpaired) electrons. The molecule has 1 saturated heterocycles. The molecule has 2 aromatic carbocycles. The monoisotopic (exact) mass is 413 g/mol. The van der Waals surface area contributed by atoms with Gasteiger partial charge in [0.15, 0.2) is 13.2 Å². The van der Waals surface area contributed by atoms with Crippen LogP contribution in [0.3, 0.4) is 0 Å². The van der Waals surface area contributed by atoms with Crippen LogP contribution >= 0.6 is 0 Å². The van der Waals surface area contributed by atoms with Crippen molar-refractivity contribution in [2.75, 3.05) is 26.3 Å². The minimum atomic E-state index is -0.595. The van der Waals surface area contributed by atoms with Crippen LogP contribution in [0.4, 0.5) is 0 Å². The molecule has 1 amide bonds. The van der Waals surface area contributed by atoms with Crippen molar-refractivity contribution in [3.8, 4) is 11.5 Å². The fourth-order valence-corrected chi connectivity index (χ4v) is 3.17. The number of benzene rings is 2. The van der Waals surface area contributed by atoms with Crippen LogP contribution in [-0.2, 0) is 25.7 Å². The molecular formula is C23H27NO6. The quantitative estimate of drug-likeness (QED) is 0.620.